The molecule has 1 amide bonds. The van der Waals surface area contributed by atoms with Gasteiger partial charge in [0.2, 0.25) is 15.9 Å². The molecule has 6 heteroatoms. The Labute approximate surface area is 158 Å². The molecule has 0 bridgehead atoms. The van der Waals surface area contributed by atoms with Crippen molar-refractivity contribution in [1.29, 1.82) is 0 Å². The summed E-state index contributed by atoms with van der Waals surface area (Å²) in [5.41, 5.74) is 1.64. The van der Waals surface area contributed by atoms with Gasteiger partial charge in [-0.3, -0.25) is 4.79 Å². The third-order valence-electron chi connectivity index (χ3n) is 4.79. The number of anilines is 1. The molecular formula is C21H20N2O3S. The molecule has 3 aromatic carbocycles. The summed E-state index contributed by atoms with van der Waals surface area (Å²) in [4.78, 5) is 13.9. The summed E-state index contributed by atoms with van der Waals surface area (Å²) in [6.07, 6.45) is 1.43. The number of sulfonamides is 1. The minimum absolute atomic E-state index is 0.115. The highest BCUT2D eigenvalue weighted by Gasteiger charge is 2.22. The van der Waals surface area contributed by atoms with E-state index in [0.29, 0.717) is 13.0 Å². The van der Waals surface area contributed by atoms with E-state index in [0.717, 1.165) is 28.4 Å². The van der Waals surface area contributed by atoms with Crippen LogP contribution in [0.15, 0.2) is 71.6 Å². The lowest BCUT2D eigenvalue weighted by Gasteiger charge is -2.16. The second kappa shape index (κ2) is 7.13. The number of nitrogens with zero attached hydrogens (tertiary/aromatic N) is 1. The van der Waals surface area contributed by atoms with Gasteiger partial charge in [-0.25, -0.2) is 13.1 Å². The van der Waals surface area contributed by atoms with E-state index >= 15 is 0 Å². The van der Waals surface area contributed by atoms with E-state index in [-0.39, 0.29) is 17.3 Å². The summed E-state index contributed by atoms with van der Waals surface area (Å²) in [6.45, 7) is 0.885. The normalized spacial score (nSPS) is 14.8. The average Bonchev–Trinajstić information content (AvgIpc) is 3.12. The Kier molecular flexibility index (Phi) is 4.68. The first-order valence-corrected chi connectivity index (χ1v) is 10.4. The maximum atomic E-state index is 12.7. The monoisotopic (exact) mass is 380 g/mol. The molecule has 0 atom stereocenters. The molecule has 0 aliphatic carbocycles. The Morgan fingerprint density at radius 3 is 2.52 bits per heavy atom. The molecular weight excluding hydrogens is 360 g/mol. The second-order valence-corrected chi connectivity index (χ2v) is 8.42. The van der Waals surface area contributed by atoms with Crippen LogP contribution >= 0.6 is 0 Å². The minimum Gasteiger partial charge on any atom is -0.312 e. The number of benzene rings is 3. The summed E-state index contributed by atoms with van der Waals surface area (Å²) in [6, 6.07) is 20.2. The highest BCUT2D eigenvalue weighted by atomic mass is 32.2. The summed E-state index contributed by atoms with van der Waals surface area (Å²) < 4.78 is 28.0. The van der Waals surface area contributed by atoms with Crippen LogP contribution < -0.4 is 9.62 Å². The molecule has 0 radical (unpaired) electrons. The van der Waals surface area contributed by atoms with E-state index in [1.807, 2.05) is 54.6 Å². The molecule has 0 spiro atoms. The van der Waals surface area contributed by atoms with Crippen molar-refractivity contribution in [1.82, 2.24) is 4.72 Å². The third-order valence-corrected chi connectivity index (χ3v) is 6.19. The molecule has 1 saturated heterocycles. The number of nitrogens with one attached hydrogen (secondary N) is 1. The van der Waals surface area contributed by atoms with Crippen LogP contribution in [0.1, 0.15) is 18.4 Å². The fourth-order valence-electron chi connectivity index (χ4n) is 3.35. The van der Waals surface area contributed by atoms with E-state index in [9.17, 15) is 13.2 Å². The molecule has 138 valence electrons. The second-order valence-electron chi connectivity index (χ2n) is 6.65. The summed E-state index contributed by atoms with van der Waals surface area (Å²) in [5.74, 6) is 0.115. The fourth-order valence-corrected chi connectivity index (χ4v) is 4.40. The molecule has 3 aromatic rings. The Morgan fingerprint density at radius 2 is 1.74 bits per heavy atom. The predicted molar refractivity (Wildman–Crippen MR) is 106 cm³/mol. The molecule has 1 heterocycles. The van der Waals surface area contributed by atoms with Gasteiger partial charge >= 0.3 is 0 Å². The van der Waals surface area contributed by atoms with E-state index in [4.69, 9.17) is 0 Å². The van der Waals surface area contributed by atoms with Crippen LogP contribution in [0.3, 0.4) is 0 Å². The number of carbonyl (C=O) groups is 1. The van der Waals surface area contributed by atoms with Crippen LogP contribution in [0.2, 0.25) is 0 Å². The maximum Gasteiger partial charge on any atom is 0.240 e. The quantitative estimate of drug-likeness (QED) is 0.737. The summed E-state index contributed by atoms with van der Waals surface area (Å²) in [7, 11) is -3.62. The SMILES string of the molecule is O=C1CCCN1c1cccc(CNS(=O)(=O)c2ccc3ccccc3c2)c1. The van der Waals surface area contributed by atoms with E-state index in [1.54, 1.807) is 17.0 Å². The number of hydrogen-bond acceptors (Lipinski definition) is 3. The van der Waals surface area contributed by atoms with Crippen LogP contribution in [-0.2, 0) is 21.4 Å². The van der Waals surface area contributed by atoms with Crippen molar-refractivity contribution in [2.75, 3.05) is 11.4 Å². The first kappa shape index (κ1) is 17.7. The molecule has 27 heavy (non-hydrogen) atoms. The van der Waals surface area contributed by atoms with Gasteiger partial charge in [-0.2, -0.15) is 0 Å². The van der Waals surface area contributed by atoms with Crippen molar-refractivity contribution < 1.29 is 13.2 Å². The first-order chi connectivity index (χ1) is 13.0. The lowest BCUT2D eigenvalue weighted by Crippen LogP contribution is -2.25. The zero-order valence-electron chi connectivity index (χ0n) is 14.8. The van der Waals surface area contributed by atoms with Crippen molar-refractivity contribution in [2.24, 2.45) is 0 Å². The smallest absolute Gasteiger partial charge is 0.240 e. The highest BCUT2D eigenvalue weighted by molar-refractivity contribution is 7.89. The van der Waals surface area contributed by atoms with Crippen LogP contribution in [-0.4, -0.2) is 20.9 Å². The number of carbonyl (C=O) groups excluding carboxylic acids is 1. The molecule has 1 N–H and O–H groups in total. The Bertz CT molecular complexity index is 1110. The Morgan fingerprint density at radius 1 is 0.926 bits per heavy atom. The van der Waals surface area contributed by atoms with Gasteiger partial charge in [-0.05, 0) is 47.0 Å². The van der Waals surface area contributed by atoms with E-state index < -0.39 is 10.0 Å². The minimum atomic E-state index is -3.62. The number of fused-ring (bicyclic) bond motifs is 1. The van der Waals surface area contributed by atoms with Crippen molar-refractivity contribution in [3.05, 3.63) is 72.3 Å². The average molecular weight is 380 g/mol. The molecule has 1 fully saturated rings. The topological polar surface area (TPSA) is 66.5 Å². The summed E-state index contributed by atoms with van der Waals surface area (Å²) >= 11 is 0. The van der Waals surface area contributed by atoms with E-state index in [1.165, 1.54) is 0 Å². The highest BCUT2D eigenvalue weighted by Crippen LogP contribution is 2.23. The Hall–Kier alpha value is -2.70. The standard InChI is InChI=1S/C21H20N2O3S/c24-21-9-4-12-23(21)19-8-3-5-16(13-19)15-22-27(25,26)20-11-10-17-6-1-2-7-18(17)14-20/h1-3,5-8,10-11,13-14,22H,4,9,12,15H2. The van der Waals surface area contributed by atoms with Gasteiger partial charge in [0, 0.05) is 25.2 Å². The fraction of sp³-hybridized carbons (Fsp3) is 0.190. The van der Waals surface area contributed by atoms with Crippen molar-refractivity contribution in [3.8, 4) is 0 Å². The van der Waals surface area contributed by atoms with Gasteiger partial charge < -0.3 is 4.90 Å². The van der Waals surface area contributed by atoms with Gasteiger partial charge in [0.15, 0.2) is 0 Å². The number of hydrogen-bond donors (Lipinski definition) is 1. The number of rotatable bonds is 5. The molecule has 5 nitrogen and oxygen atoms in total. The van der Waals surface area contributed by atoms with E-state index in [2.05, 4.69) is 4.72 Å². The molecule has 4 rings (SSSR count). The molecule has 1 aliphatic rings. The first-order valence-electron chi connectivity index (χ1n) is 8.91. The zero-order chi connectivity index (χ0) is 18.9. The van der Waals surface area contributed by atoms with Crippen molar-refractivity contribution in [3.63, 3.8) is 0 Å². The predicted octanol–water partition coefficient (Wildman–Crippen LogP) is 3.45. The zero-order valence-corrected chi connectivity index (χ0v) is 15.6. The lowest BCUT2D eigenvalue weighted by molar-refractivity contribution is -0.117. The molecule has 0 saturated carbocycles. The Balaban J connectivity index is 1.52. The van der Waals surface area contributed by atoms with Crippen LogP contribution in [0, 0.1) is 0 Å². The van der Waals surface area contributed by atoms with Gasteiger partial charge in [0.05, 0.1) is 4.90 Å². The van der Waals surface area contributed by atoms with Crippen LogP contribution in [0.25, 0.3) is 10.8 Å². The lowest BCUT2D eigenvalue weighted by atomic mass is 10.1. The van der Waals surface area contributed by atoms with Gasteiger partial charge in [0.25, 0.3) is 0 Å². The van der Waals surface area contributed by atoms with Crippen LogP contribution in [0.4, 0.5) is 5.69 Å². The van der Waals surface area contributed by atoms with Gasteiger partial charge in [-0.1, -0.05) is 42.5 Å². The van der Waals surface area contributed by atoms with Gasteiger partial charge in [0.1, 0.15) is 0 Å². The van der Waals surface area contributed by atoms with Crippen molar-refractivity contribution >= 4 is 32.4 Å². The third kappa shape index (κ3) is 3.72. The largest absolute Gasteiger partial charge is 0.312 e. The number of amides is 1. The van der Waals surface area contributed by atoms with Gasteiger partial charge in [-0.15, -0.1) is 0 Å². The maximum absolute atomic E-state index is 12.7. The molecule has 0 unspecified atom stereocenters. The van der Waals surface area contributed by atoms with Crippen LogP contribution in [0.5, 0.6) is 0 Å². The molecule has 0 aromatic heterocycles. The molecule has 1 aliphatic heterocycles. The van der Waals surface area contributed by atoms with Crippen molar-refractivity contribution in [2.45, 2.75) is 24.3 Å². The summed E-state index contributed by atoms with van der Waals surface area (Å²) in [5, 5.41) is 1.88.